The van der Waals surface area contributed by atoms with Crippen molar-refractivity contribution in [2.45, 2.75) is 54.0 Å². The third-order valence-electron chi connectivity index (χ3n) is 3.33. The van der Waals surface area contributed by atoms with Gasteiger partial charge in [0.05, 0.1) is 5.92 Å². The molecule has 0 saturated heterocycles. The van der Waals surface area contributed by atoms with Crippen LogP contribution in [0.1, 0.15) is 48.0 Å². The lowest BCUT2D eigenvalue weighted by atomic mass is 9.84. The summed E-state index contributed by atoms with van der Waals surface area (Å²) in [4.78, 5) is 14.5. The van der Waals surface area contributed by atoms with Crippen molar-refractivity contribution < 1.29 is 4.79 Å². The zero-order valence-corrected chi connectivity index (χ0v) is 13.6. The fraction of sp³-hybridized carbons (Fsp3) is 0.933. The molecule has 2 atom stereocenters. The zero-order valence-electron chi connectivity index (χ0n) is 13.6. The Morgan fingerprint density at radius 3 is 2.16 bits per heavy atom. The molecule has 0 radical (unpaired) electrons. The summed E-state index contributed by atoms with van der Waals surface area (Å²) in [5.74, 6) is 0.0104. The molecule has 1 amide bonds. The van der Waals surface area contributed by atoms with E-state index in [1.165, 1.54) is 0 Å². The average molecular weight is 271 g/mol. The lowest BCUT2D eigenvalue weighted by Gasteiger charge is -2.27. The number of carbonyl (C=O) groups is 1. The Balaban J connectivity index is 4.32. The number of likely N-dealkylation sites (N-methyl/N-ethyl adjacent to an activating group) is 1. The third kappa shape index (κ3) is 8.22. The van der Waals surface area contributed by atoms with E-state index in [1.807, 2.05) is 0 Å². The van der Waals surface area contributed by atoms with Crippen LogP contribution in [0, 0.1) is 11.3 Å². The number of amides is 1. The summed E-state index contributed by atoms with van der Waals surface area (Å²) in [7, 11) is 0. The van der Waals surface area contributed by atoms with Crippen LogP contribution in [0.15, 0.2) is 0 Å². The van der Waals surface area contributed by atoms with Crippen molar-refractivity contribution in [3.05, 3.63) is 0 Å². The minimum Gasteiger partial charge on any atom is -0.352 e. The van der Waals surface area contributed by atoms with Gasteiger partial charge in [-0.15, -0.1) is 0 Å². The molecule has 4 nitrogen and oxygen atoms in total. The molecule has 0 heterocycles. The normalized spacial score (nSPS) is 15.4. The number of carbonyl (C=O) groups excluding carboxylic acids is 1. The number of nitrogens with two attached hydrogens (primary N) is 1. The van der Waals surface area contributed by atoms with Crippen LogP contribution in [0.5, 0.6) is 0 Å². The molecule has 3 N–H and O–H groups in total. The van der Waals surface area contributed by atoms with Gasteiger partial charge in [0.15, 0.2) is 0 Å². The summed E-state index contributed by atoms with van der Waals surface area (Å²) in [6.07, 6.45) is 0.827. The molecule has 4 heteroatoms. The summed E-state index contributed by atoms with van der Waals surface area (Å²) in [6.45, 7) is 16.1. The topological polar surface area (TPSA) is 58.4 Å². The molecule has 0 saturated carbocycles. The predicted molar refractivity (Wildman–Crippen MR) is 82.0 cm³/mol. The monoisotopic (exact) mass is 271 g/mol. The molecule has 19 heavy (non-hydrogen) atoms. The van der Waals surface area contributed by atoms with E-state index in [4.69, 9.17) is 5.73 Å². The number of rotatable bonds is 8. The molecule has 0 aliphatic heterocycles. The van der Waals surface area contributed by atoms with Crippen molar-refractivity contribution in [1.29, 1.82) is 0 Å². The molecule has 0 spiro atoms. The second-order valence-electron chi connectivity index (χ2n) is 6.59. The SMILES string of the molecule is CCN(CC)CC(C)NC(=O)C(CN)CC(C)(C)C. The highest BCUT2D eigenvalue weighted by molar-refractivity contribution is 5.79. The van der Waals surface area contributed by atoms with Gasteiger partial charge in [-0.25, -0.2) is 0 Å². The lowest BCUT2D eigenvalue weighted by molar-refractivity contribution is -0.126. The minimum atomic E-state index is -0.0841. The van der Waals surface area contributed by atoms with Gasteiger partial charge in [-0.2, -0.15) is 0 Å². The van der Waals surface area contributed by atoms with E-state index in [-0.39, 0.29) is 23.3 Å². The van der Waals surface area contributed by atoms with Crippen molar-refractivity contribution in [1.82, 2.24) is 10.2 Å². The van der Waals surface area contributed by atoms with Gasteiger partial charge in [0.25, 0.3) is 0 Å². The molecule has 2 unspecified atom stereocenters. The van der Waals surface area contributed by atoms with E-state index in [9.17, 15) is 4.79 Å². The van der Waals surface area contributed by atoms with Gasteiger partial charge in [-0.3, -0.25) is 4.79 Å². The highest BCUT2D eigenvalue weighted by atomic mass is 16.2. The Kier molecular flexibility index (Phi) is 8.26. The molecule has 0 bridgehead atoms. The van der Waals surface area contributed by atoms with Gasteiger partial charge >= 0.3 is 0 Å². The van der Waals surface area contributed by atoms with Crippen molar-refractivity contribution in [3.8, 4) is 0 Å². The van der Waals surface area contributed by atoms with Crippen LogP contribution in [0.2, 0.25) is 0 Å². The van der Waals surface area contributed by atoms with Gasteiger partial charge in [0.1, 0.15) is 0 Å². The smallest absolute Gasteiger partial charge is 0.224 e. The lowest BCUT2D eigenvalue weighted by Crippen LogP contribution is -2.46. The van der Waals surface area contributed by atoms with Gasteiger partial charge in [-0.05, 0) is 31.8 Å². The minimum absolute atomic E-state index is 0.0841. The maximum atomic E-state index is 12.2. The number of nitrogens with zero attached hydrogens (tertiary/aromatic N) is 1. The van der Waals surface area contributed by atoms with Crippen LogP contribution in [0.25, 0.3) is 0 Å². The van der Waals surface area contributed by atoms with Gasteiger partial charge in [0.2, 0.25) is 5.91 Å². The maximum Gasteiger partial charge on any atom is 0.224 e. The zero-order chi connectivity index (χ0) is 15.1. The predicted octanol–water partition coefficient (Wildman–Crippen LogP) is 1.84. The standard InChI is InChI=1S/C15H33N3O/c1-7-18(8-2)11-12(3)17-14(19)13(10-16)9-15(4,5)6/h12-13H,7-11,16H2,1-6H3,(H,17,19). The van der Waals surface area contributed by atoms with E-state index < -0.39 is 0 Å². The number of hydrogen-bond acceptors (Lipinski definition) is 3. The summed E-state index contributed by atoms with van der Waals surface area (Å²) in [6, 6.07) is 0.168. The van der Waals surface area contributed by atoms with Crippen molar-refractivity contribution in [3.63, 3.8) is 0 Å². The van der Waals surface area contributed by atoms with E-state index in [0.717, 1.165) is 26.1 Å². The summed E-state index contributed by atoms with van der Waals surface area (Å²) in [5, 5.41) is 3.09. The van der Waals surface area contributed by atoms with Crippen LogP contribution < -0.4 is 11.1 Å². The summed E-state index contributed by atoms with van der Waals surface area (Å²) in [5.41, 5.74) is 5.87. The van der Waals surface area contributed by atoms with Crippen LogP contribution in [-0.4, -0.2) is 43.0 Å². The van der Waals surface area contributed by atoms with E-state index in [1.54, 1.807) is 0 Å². The average Bonchev–Trinajstić information content (AvgIpc) is 2.31. The van der Waals surface area contributed by atoms with Gasteiger partial charge in [0, 0.05) is 19.1 Å². The molecule has 0 fully saturated rings. The fourth-order valence-electron chi connectivity index (χ4n) is 2.30. The maximum absolute atomic E-state index is 12.2. The third-order valence-corrected chi connectivity index (χ3v) is 3.33. The molecular weight excluding hydrogens is 238 g/mol. The van der Waals surface area contributed by atoms with Crippen LogP contribution >= 0.6 is 0 Å². The molecule has 0 aromatic rings. The molecule has 0 aromatic heterocycles. The number of hydrogen-bond donors (Lipinski definition) is 2. The summed E-state index contributed by atoms with van der Waals surface area (Å²) < 4.78 is 0. The second kappa shape index (κ2) is 8.54. The van der Waals surface area contributed by atoms with Gasteiger partial charge in [-0.1, -0.05) is 34.6 Å². The first-order chi connectivity index (χ1) is 8.73. The molecule has 0 aliphatic rings. The Bertz CT molecular complexity index is 257. The second-order valence-corrected chi connectivity index (χ2v) is 6.59. The Hall–Kier alpha value is -0.610. The van der Waals surface area contributed by atoms with E-state index >= 15 is 0 Å². The van der Waals surface area contributed by atoms with Crippen molar-refractivity contribution in [2.75, 3.05) is 26.2 Å². The molecule has 0 aromatic carbocycles. The Labute approximate surface area is 119 Å². The Morgan fingerprint density at radius 1 is 1.26 bits per heavy atom. The highest BCUT2D eigenvalue weighted by Crippen LogP contribution is 2.24. The van der Waals surface area contributed by atoms with Gasteiger partial charge < -0.3 is 16.0 Å². The molecular formula is C15H33N3O. The van der Waals surface area contributed by atoms with Crippen LogP contribution in [-0.2, 0) is 4.79 Å². The largest absolute Gasteiger partial charge is 0.352 e. The fourth-order valence-corrected chi connectivity index (χ4v) is 2.30. The van der Waals surface area contributed by atoms with Crippen molar-refractivity contribution >= 4 is 5.91 Å². The van der Waals surface area contributed by atoms with E-state index in [0.29, 0.717) is 6.54 Å². The molecule has 0 aliphatic carbocycles. The van der Waals surface area contributed by atoms with Crippen LogP contribution in [0.3, 0.4) is 0 Å². The quantitative estimate of drug-likeness (QED) is 0.708. The first-order valence-electron chi connectivity index (χ1n) is 7.46. The number of nitrogens with one attached hydrogen (secondary N) is 1. The first-order valence-corrected chi connectivity index (χ1v) is 7.46. The van der Waals surface area contributed by atoms with Crippen molar-refractivity contribution in [2.24, 2.45) is 17.1 Å². The molecule has 114 valence electrons. The first kappa shape index (κ1) is 18.4. The molecule has 0 rings (SSSR count). The van der Waals surface area contributed by atoms with E-state index in [2.05, 4.69) is 51.8 Å². The van der Waals surface area contributed by atoms with Crippen LogP contribution in [0.4, 0.5) is 0 Å². The summed E-state index contributed by atoms with van der Waals surface area (Å²) >= 11 is 0. The Morgan fingerprint density at radius 2 is 1.79 bits per heavy atom. The highest BCUT2D eigenvalue weighted by Gasteiger charge is 2.24.